The molecule has 0 bridgehead atoms. The Morgan fingerprint density at radius 1 is 1.15 bits per heavy atom. The van der Waals surface area contributed by atoms with E-state index in [1.54, 1.807) is 12.3 Å². The molecule has 5 aromatic rings. The topological polar surface area (TPSA) is 90.7 Å². The van der Waals surface area contributed by atoms with Crippen LogP contribution in [0.2, 0.25) is 0 Å². The zero-order valence-corrected chi connectivity index (χ0v) is 22.8. The van der Waals surface area contributed by atoms with E-state index in [4.69, 9.17) is 10.5 Å². The van der Waals surface area contributed by atoms with E-state index in [2.05, 4.69) is 15.0 Å². The fourth-order valence-corrected chi connectivity index (χ4v) is 5.35. The highest BCUT2D eigenvalue weighted by molar-refractivity contribution is 7.17. The second-order valence-electron chi connectivity index (χ2n) is 9.60. The van der Waals surface area contributed by atoms with E-state index in [0.717, 1.165) is 41.6 Å². The number of hydrogen-bond acceptors (Lipinski definition) is 6. The number of likely N-dealkylation sites (N-methyl/N-ethyl adjacent to an activating group) is 1. The molecule has 5 rings (SSSR count). The van der Waals surface area contributed by atoms with Gasteiger partial charge in [0.05, 0.1) is 35.1 Å². The number of amides is 1. The average molecular weight is 569 g/mol. The van der Waals surface area contributed by atoms with Crippen molar-refractivity contribution in [2.45, 2.75) is 25.7 Å². The molecule has 4 heterocycles. The molecule has 0 radical (unpaired) electrons. The van der Waals surface area contributed by atoms with Crippen LogP contribution in [0, 0.1) is 0 Å². The minimum absolute atomic E-state index is 0.0365. The lowest BCUT2D eigenvalue weighted by atomic mass is 10.0. The molecule has 0 aliphatic heterocycles. The van der Waals surface area contributed by atoms with Crippen molar-refractivity contribution in [2.75, 3.05) is 20.6 Å². The molecule has 2 N–H and O–H groups in total. The van der Waals surface area contributed by atoms with Crippen molar-refractivity contribution >= 4 is 22.9 Å². The number of nitrogens with two attached hydrogens (primary N) is 1. The fraction of sp³-hybridized carbons (Fsp3) is 0.250. The van der Waals surface area contributed by atoms with Crippen LogP contribution in [-0.4, -0.2) is 50.6 Å². The number of carbonyl (C=O) groups excluding carboxylic acids is 1. The molecule has 4 aromatic heterocycles. The molecule has 0 unspecified atom stereocenters. The van der Waals surface area contributed by atoms with Gasteiger partial charge in [-0.3, -0.25) is 13.9 Å². The van der Waals surface area contributed by atoms with Crippen LogP contribution in [0.5, 0.6) is 5.75 Å². The standard InChI is InChI=1S/C28H27F3N6O2S/c1-17(20-6-4-5-7-21(20)28(29,30)31)39-23-13-24(40-26(23)27(32)38)22-15-33-25-12-18(8-9-37(22)25)19-14-34-36(16-19)11-10-35(2)3/h4-9,12-17H,10-11H2,1-3H3,(H2,32,38)/t17-/m1/s1. The van der Waals surface area contributed by atoms with E-state index in [0.29, 0.717) is 16.2 Å². The van der Waals surface area contributed by atoms with Crippen molar-refractivity contribution < 1.29 is 22.7 Å². The Balaban J connectivity index is 1.43. The van der Waals surface area contributed by atoms with E-state index < -0.39 is 23.8 Å². The molecular weight excluding hydrogens is 541 g/mol. The third-order valence-electron chi connectivity index (χ3n) is 6.44. The van der Waals surface area contributed by atoms with Crippen LogP contribution >= 0.6 is 11.3 Å². The number of pyridine rings is 1. The number of alkyl halides is 3. The van der Waals surface area contributed by atoms with E-state index in [-0.39, 0.29) is 16.2 Å². The van der Waals surface area contributed by atoms with Crippen molar-refractivity contribution in [1.82, 2.24) is 24.1 Å². The van der Waals surface area contributed by atoms with Gasteiger partial charge in [-0.2, -0.15) is 18.3 Å². The molecule has 0 aliphatic rings. The Morgan fingerprint density at radius 2 is 1.93 bits per heavy atom. The summed E-state index contributed by atoms with van der Waals surface area (Å²) in [6.07, 6.45) is 1.81. The van der Waals surface area contributed by atoms with Gasteiger partial charge in [-0.15, -0.1) is 11.3 Å². The van der Waals surface area contributed by atoms with Crippen LogP contribution in [0.3, 0.4) is 0 Å². The van der Waals surface area contributed by atoms with E-state index in [1.807, 2.05) is 53.9 Å². The largest absolute Gasteiger partial charge is 0.484 e. The average Bonchev–Trinajstić information content (AvgIpc) is 3.64. The maximum atomic E-state index is 13.6. The molecule has 0 saturated heterocycles. The van der Waals surface area contributed by atoms with Crippen molar-refractivity contribution in [3.8, 4) is 27.4 Å². The first kappa shape index (κ1) is 27.4. The smallest absolute Gasteiger partial charge is 0.416 e. The SMILES string of the molecule is C[C@@H](Oc1cc(-c2cnc3cc(-c4cnn(CCN(C)C)c4)ccn23)sc1C(N)=O)c1ccccc1C(F)(F)F. The summed E-state index contributed by atoms with van der Waals surface area (Å²) in [5, 5.41) is 4.43. The lowest BCUT2D eigenvalue weighted by molar-refractivity contribution is -0.139. The number of imidazole rings is 1. The zero-order valence-electron chi connectivity index (χ0n) is 22.0. The van der Waals surface area contributed by atoms with Crippen LogP contribution in [-0.2, 0) is 12.7 Å². The Morgan fingerprint density at radius 3 is 2.65 bits per heavy atom. The summed E-state index contributed by atoms with van der Waals surface area (Å²) in [4.78, 5) is 19.6. The number of ether oxygens (including phenoxy) is 1. The second kappa shape index (κ2) is 10.8. The highest BCUT2D eigenvalue weighted by Crippen LogP contribution is 2.40. The number of halogens is 3. The van der Waals surface area contributed by atoms with Crippen molar-refractivity contribution in [3.05, 3.63) is 83.3 Å². The Hall–Kier alpha value is -4.16. The Bertz CT molecular complexity index is 1670. The molecule has 1 atom stereocenters. The van der Waals surface area contributed by atoms with Gasteiger partial charge in [0.25, 0.3) is 5.91 Å². The summed E-state index contributed by atoms with van der Waals surface area (Å²) >= 11 is 1.10. The van der Waals surface area contributed by atoms with E-state index in [1.165, 1.54) is 25.1 Å². The first-order chi connectivity index (χ1) is 19.0. The Kier molecular flexibility index (Phi) is 7.39. The molecule has 1 aromatic carbocycles. The minimum Gasteiger partial charge on any atom is -0.484 e. The molecule has 208 valence electrons. The quantitative estimate of drug-likeness (QED) is 0.245. The monoisotopic (exact) mass is 568 g/mol. The van der Waals surface area contributed by atoms with Crippen molar-refractivity contribution in [1.29, 1.82) is 0 Å². The molecule has 1 amide bonds. The first-order valence-corrected chi connectivity index (χ1v) is 13.2. The van der Waals surface area contributed by atoms with Crippen LogP contribution in [0.1, 0.15) is 33.8 Å². The van der Waals surface area contributed by atoms with Gasteiger partial charge in [0.2, 0.25) is 0 Å². The number of thiophene rings is 1. The predicted molar refractivity (Wildman–Crippen MR) is 147 cm³/mol. The normalized spacial score (nSPS) is 12.8. The fourth-order valence-electron chi connectivity index (χ4n) is 4.40. The highest BCUT2D eigenvalue weighted by atomic mass is 32.1. The molecule has 0 spiro atoms. The van der Waals surface area contributed by atoms with Crippen molar-refractivity contribution in [2.24, 2.45) is 5.73 Å². The predicted octanol–water partition coefficient (Wildman–Crippen LogP) is 5.75. The Labute approximate surface area is 232 Å². The number of carbonyl (C=O) groups is 1. The van der Waals surface area contributed by atoms with Gasteiger partial charge in [-0.25, -0.2) is 4.98 Å². The molecular formula is C28H27F3N6O2S. The highest BCUT2D eigenvalue weighted by Gasteiger charge is 2.35. The van der Waals surface area contributed by atoms with Crippen LogP contribution in [0.4, 0.5) is 13.2 Å². The van der Waals surface area contributed by atoms with Crippen LogP contribution in [0.25, 0.3) is 27.3 Å². The van der Waals surface area contributed by atoms with Crippen molar-refractivity contribution in [3.63, 3.8) is 0 Å². The molecule has 0 saturated carbocycles. The third-order valence-corrected chi connectivity index (χ3v) is 7.59. The molecule has 0 aliphatic carbocycles. The zero-order chi connectivity index (χ0) is 28.6. The van der Waals surface area contributed by atoms with Gasteiger partial charge >= 0.3 is 6.18 Å². The summed E-state index contributed by atoms with van der Waals surface area (Å²) in [6.45, 7) is 3.15. The second-order valence-corrected chi connectivity index (χ2v) is 10.6. The lowest BCUT2D eigenvalue weighted by Crippen LogP contribution is -2.18. The van der Waals surface area contributed by atoms with E-state index in [9.17, 15) is 18.0 Å². The van der Waals surface area contributed by atoms with Crippen LogP contribution in [0.15, 0.2) is 67.3 Å². The minimum atomic E-state index is -4.54. The number of nitrogens with zero attached hydrogens (tertiary/aromatic N) is 5. The lowest BCUT2D eigenvalue weighted by Gasteiger charge is -2.19. The number of aromatic nitrogens is 4. The summed E-state index contributed by atoms with van der Waals surface area (Å²) < 4.78 is 50.3. The van der Waals surface area contributed by atoms with E-state index >= 15 is 0 Å². The third kappa shape index (κ3) is 5.58. The molecule has 40 heavy (non-hydrogen) atoms. The van der Waals surface area contributed by atoms with Gasteiger partial charge in [0.1, 0.15) is 22.4 Å². The summed E-state index contributed by atoms with van der Waals surface area (Å²) in [7, 11) is 4.02. The van der Waals surface area contributed by atoms with Gasteiger partial charge in [-0.1, -0.05) is 18.2 Å². The van der Waals surface area contributed by atoms with Gasteiger partial charge in [0.15, 0.2) is 0 Å². The summed E-state index contributed by atoms with van der Waals surface area (Å²) in [6, 6.07) is 10.7. The number of rotatable bonds is 9. The van der Waals surface area contributed by atoms with Gasteiger partial charge in [0, 0.05) is 36.1 Å². The van der Waals surface area contributed by atoms with Gasteiger partial charge in [-0.05, 0) is 44.8 Å². The number of fused-ring (bicyclic) bond motifs is 1. The molecule has 0 fully saturated rings. The number of primary amides is 1. The number of benzene rings is 1. The van der Waals surface area contributed by atoms with Gasteiger partial charge < -0.3 is 15.4 Å². The molecule has 8 nitrogen and oxygen atoms in total. The summed E-state index contributed by atoms with van der Waals surface area (Å²) in [5.74, 6) is -0.612. The molecule has 12 heteroatoms. The first-order valence-electron chi connectivity index (χ1n) is 12.4. The summed E-state index contributed by atoms with van der Waals surface area (Å²) in [5.41, 5.74) is 8.06. The number of hydrogen-bond donors (Lipinski definition) is 1. The maximum Gasteiger partial charge on any atom is 0.416 e. The maximum absolute atomic E-state index is 13.6. The van der Waals surface area contributed by atoms with Crippen LogP contribution < -0.4 is 10.5 Å².